The maximum atomic E-state index is 12.7. The molecule has 2 aromatic carbocycles. The summed E-state index contributed by atoms with van der Waals surface area (Å²) in [6.45, 7) is 6.05. The fourth-order valence-corrected chi connectivity index (χ4v) is 4.14. The second-order valence-corrected chi connectivity index (χ2v) is 7.86. The Morgan fingerprint density at radius 2 is 1.72 bits per heavy atom. The molecule has 0 aliphatic carbocycles. The molecule has 0 aromatic heterocycles. The van der Waals surface area contributed by atoms with Gasteiger partial charge in [-0.3, -0.25) is 14.7 Å². The molecule has 32 heavy (non-hydrogen) atoms. The first-order valence-corrected chi connectivity index (χ1v) is 10.9. The van der Waals surface area contributed by atoms with E-state index in [1.807, 2.05) is 23.1 Å². The summed E-state index contributed by atoms with van der Waals surface area (Å²) in [6.07, 6.45) is 0.912. The van der Waals surface area contributed by atoms with Gasteiger partial charge >= 0.3 is 0 Å². The first-order valence-electron chi connectivity index (χ1n) is 10.9. The normalized spacial score (nSPS) is 16.3. The molecular weight excluding hydrogens is 517 g/mol. The summed E-state index contributed by atoms with van der Waals surface area (Å²) >= 11 is 0. The summed E-state index contributed by atoms with van der Waals surface area (Å²) in [4.78, 5) is 21.3. The Morgan fingerprint density at radius 1 is 1.00 bits per heavy atom. The molecule has 1 amide bonds. The van der Waals surface area contributed by atoms with Gasteiger partial charge in [0.25, 0.3) is 0 Å². The van der Waals surface area contributed by atoms with E-state index in [-0.39, 0.29) is 36.4 Å². The van der Waals surface area contributed by atoms with Gasteiger partial charge in [0.05, 0.1) is 19.8 Å². The number of carbonyl (C=O) groups is 1. The van der Waals surface area contributed by atoms with E-state index in [0.29, 0.717) is 12.5 Å². The smallest absolute Gasteiger partial charge is 0.246 e. The van der Waals surface area contributed by atoms with Gasteiger partial charge in [-0.05, 0) is 29.2 Å². The summed E-state index contributed by atoms with van der Waals surface area (Å²) in [7, 11) is 1.73. The molecule has 2 aliphatic heterocycles. The van der Waals surface area contributed by atoms with E-state index in [0.717, 1.165) is 51.5 Å². The summed E-state index contributed by atoms with van der Waals surface area (Å²) in [5.41, 5.74) is 4.79. The van der Waals surface area contributed by atoms with E-state index in [1.54, 1.807) is 7.05 Å². The quantitative estimate of drug-likeness (QED) is 0.329. The number of benzene rings is 2. The highest BCUT2D eigenvalue weighted by Crippen LogP contribution is 2.27. The third-order valence-electron chi connectivity index (χ3n) is 5.88. The Hall–Kier alpha value is -2.17. The number of anilines is 1. The predicted molar refractivity (Wildman–Crippen MR) is 139 cm³/mol. The SMILES string of the molecule is CN=C(NCC(=O)N1CCc2ccccc21)NCc1ccccc1CN1CCOCC1.I. The number of nitrogens with zero attached hydrogens (tertiary/aromatic N) is 3. The van der Waals surface area contributed by atoms with Crippen LogP contribution < -0.4 is 15.5 Å². The summed E-state index contributed by atoms with van der Waals surface area (Å²) < 4.78 is 5.45. The first-order chi connectivity index (χ1) is 15.2. The van der Waals surface area contributed by atoms with Crippen molar-refractivity contribution in [3.8, 4) is 0 Å². The standard InChI is InChI=1S/C24H31N5O2.HI/c1-25-24(27-17-23(30)29-11-10-19-6-4-5-9-22(19)29)26-16-20-7-2-3-8-21(20)18-28-12-14-31-15-13-28;/h2-9H,10-18H2,1H3,(H2,25,26,27);1H. The second-order valence-electron chi connectivity index (χ2n) is 7.86. The zero-order valence-corrected chi connectivity index (χ0v) is 20.9. The van der Waals surface area contributed by atoms with Gasteiger partial charge in [-0.1, -0.05) is 42.5 Å². The Kier molecular flexibility index (Phi) is 9.31. The molecule has 0 saturated carbocycles. The number of rotatable bonds is 6. The fourth-order valence-electron chi connectivity index (χ4n) is 4.14. The van der Waals surface area contributed by atoms with E-state index >= 15 is 0 Å². The van der Waals surface area contributed by atoms with Gasteiger partial charge in [-0.15, -0.1) is 24.0 Å². The highest BCUT2D eigenvalue weighted by molar-refractivity contribution is 14.0. The number of hydrogen-bond acceptors (Lipinski definition) is 4. The van der Waals surface area contributed by atoms with Crippen LogP contribution in [0.25, 0.3) is 0 Å². The molecule has 0 radical (unpaired) electrons. The summed E-state index contributed by atoms with van der Waals surface area (Å²) in [6, 6.07) is 16.6. The van der Waals surface area contributed by atoms with Crippen LogP contribution in [-0.4, -0.2) is 63.2 Å². The monoisotopic (exact) mass is 549 g/mol. The molecule has 2 aliphatic rings. The summed E-state index contributed by atoms with van der Waals surface area (Å²) in [5, 5.41) is 6.52. The molecule has 0 spiro atoms. The molecule has 172 valence electrons. The van der Waals surface area contributed by atoms with Crippen molar-refractivity contribution in [2.45, 2.75) is 19.5 Å². The zero-order chi connectivity index (χ0) is 21.5. The van der Waals surface area contributed by atoms with Crippen molar-refractivity contribution >= 4 is 41.5 Å². The highest BCUT2D eigenvalue weighted by Gasteiger charge is 2.23. The van der Waals surface area contributed by atoms with Crippen molar-refractivity contribution in [1.82, 2.24) is 15.5 Å². The maximum Gasteiger partial charge on any atom is 0.246 e. The van der Waals surface area contributed by atoms with Gasteiger partial charge in [0.2, 0.25) is 5.91 Å². The minimum atomic E-state index is 0. The lowest BCUT2D eigenvalue weighted by atomic mass is 10.1. The largest absolute Gasteiger partial charge is 0.379 e. The molecule has 7 nitrogen and oxygen atoms in total. The zero-order valence-electron chi connectivity index (χ0n) is 18.5. The number of fused-ring (bicyclic) bond motifs is 1. The van der Waals surface area contributed by atoms with Gasteiger partial charge in [-0.2, -0.15) is 0 Å². The lowest BCUT2D eigenvalue weighted by Crippen LogP contribution is -2.44. The minimum Gasteiger partial charge on any atom is -0.379 e. The number of morpholine rings is 1. The Morgan fingerprint density at radius 3 is 2.50 bits per heavy atom. The molecule has 1 saturated heterocycles. The third kappa shape index (κ3) is 6.20. The van der Waals surface area contributed by atoms with Gasteiger partial charge in [0.15, 0.2) is 5.96 Å². The summed E-state index contributed by atoms with van der Waals surface area (Å²) in [5.74, 6) is 0.683. The van der Waals surface area contributed by atoms with Crippen LogP contribution >= 0.6 is 24.0 Å². The molecule has 0 bridgehead atoms. The maximum absolute atomic E-state index is 12.7. The van der Waals surface area contributed by atoms with Gasteiger partial charge in [0, 0.05) is 45.5 Å². The lowest BCUT2D eigenvalue weighted by Gasteiger charge is -2.27. The average Bonchev–Trinajstić information content (AvgIpc) is 3.25. The predicted octanol–water partition coefficient (Wildman–Crippen LogP) is 2.39. The number of ether oxygens (including phenoxy) is 1. The number of amides is 1. The molecule has 1 fully saturated rings. The second kappa shape index (κ2) is 12.2. The van der Waals surface area contributed by atoms with Gasteiger partial charge in [0.1, 0.15) is 0 Å². The molecule has 8 heteroatoms. The van der Waals surface area contributed by atoms with Crippen LogP contribution in [0.4, 0.5) is 5.69 Å². The van der Waals surface area contributed by atoms with E-state index in [1.165, 1.54) is 16.7 Å². The molecule has 2 N–H and O–H groups in total. The van der Waals surface area contributed by atoms with Crippen LogP contribution in [0.5, 0.6) is 0 Å². The number of nitrogens with one attached hydrogen (secondary N) is 2. The number of aliphatic imine (C=N–C) groups is 1. The van der Waals surface area contributed by atoms with Crippen molar-refractivity contribution in [1.29, 1.82) is 0 Å². The Labute approximate surface area is 207 Å². The Balaban J connectivity index is 0.00000289. The number of carbonyl (C=O) groups excluding carboxylic acids is 1. The molecule has 0 atom stereocenters. The molecule has 2 heterocycles. The third-order valence-corrected chi connectivity index (χ3v) is 5.88. The number of hydrogen-bond donors (Lipinski definition) is 2. The topological polar surface area (TPSA) is 69.2 Å². The minimum absolute atomic E-state index is 0. The van der Waals surface area contributed by atoms with Gasteiger partial charge < -0.3 is 20.3 Å². The van der Waals surface area contributed by atoms with Crippen LogP contribution in [0.3, 0.4) is 0 Å². The fraction of sp³-hybridized carbons (Fsp3) is 0.417. The van der Waals surface area contributed by atoms with Crippen LogP contribution in [-0.2, 0) is 29.0 Å². The number of para-hydroxylation sites is 1. The van der Waals surface area contributed by atoms with E-state index in [4.69, 9.17) is 4.74 Å². The highest BCUT2D eigenvalue weighted by atomic mass is 127. The molecule has 4 rings (SSSR count). The van der Waals surface area contributed by atoms with Crippen molar-refractivity contribution in [3.63, 3.8) is 0 Å². The van der Waals surface area contributed by atoms with E-state index in [2.05, 4.69) is 50.9 Å². The van der Waals surface area contributed by atoms with Crippen molar-refractivity contribution < 1.29 is 9.53 Å². The molecule has 2 aromatic rings. The van der Waals surface area contributed by atoms with Crippen LogP contribution in [0.1, 0.15) is 16.7 Å². The van der Waals surface area contributed by atoms with Crippen molar-refractivity contribution in [3.05, 3.63) is 65.2 Å². The van der Waals surface area contributed by atoms with Crippen molar-refractivity contribution in [2.24, 2.45) is 4.99 Å². The van der Waals surface area contributed by atoms with Crippen LogP contribution in [0, 0.1) is 0 Å². The molecule has 0 unspecified atom stereocenters. The van der Waals surface area contributed by atoms with Gasteiger partial charge in [-0.25, -0.2) is 0 Å². The number of halogens is 1. The first kappa shape index (κ1) is 24.5. The lowest BCUT2D eigenvalue weighted by molar-refractivity contribution is -0.117. The van der Waals surface area contributed by atoms with Crippen molar-refractivity contribution in [2.75, 3.05) is 51.3 Å². The van der Waals surface area contributed by atoms with E-state index in [9.17, 15) is 4.79 Å². The number of guanidine groups is 1. The van der Waals surface area contributed by atoms with Crippen LogP contribution in [0.15, 0.2) is 53.5 Å². The van der Waals surface area contributed by atoms with E-state index < -0.39 is 0 Å². The molecular formula is C24H32IN5O2. The average molecular weight is 549 g/mol. The van der Waals surface area contributed by atoms with Crippen LogP contribution in [0.2, 0.25) is 0 Å². The Bertz CT molecular complexity index is 930.